The van der Waals surface area contributed by atoms with E-state index in [4.69, 9.17) is 4.74 Å². The molecule has 3 amide bonds. The average Bonchev–Trinajstić information content (AvgIpc) is 2.52. The first-order valence-corrected chi connectivity index (χ1v) is 8.90. The van der Waals surface area contributed by atoms with Crippen molar-refractivity contribution in [1.82, 2.24) is 10.6 Å². The van der Waals surface area contributed by atoms with Crippen LogP contribution in [0.5, 0.6) is 5.75 Å². The highest BCUT2D eigenvalue weighted by Gasteiger charge is 2.51. The van der Waals surface area contributed by atoms with Crippen LogP contribution in [-0.2, 0) is 4.79 Å². The Labute approximate surface area is 142 Å². The Morgan fingerprint density at radius 1 is 1.00 bits per heavy atom. The number of rotatable bonds is 4. The number of amides is 3. The van der Waals surface area contributed by atoms with E-state index in [0.29, 0.717) is 5.75 Å². The lowest BCUT2D eigenvalue weighted by Crippen LogP contribution is -2.62. The minimum absolute atomic E-state index is 0.0839. The van der Waals surface area contributed by atoms with E-state index in [1.54, 1.807) is 12.1 Å². The van der Waals surface area contributed by atoms with Crippen LogP contribution >= 0.6 is 0 Å². The second kappa shape index (κ2) is 6.11. The van der Waals surface area contributed by atoms with Crippen molar-refractivity contribution >= 4 is 11.9 Å². The van der Waals surface area contributed by atoms with Crippen molar-refractivity contribution < 1.29 is 14.3 Å². The van der Waals surface area contributed by atoms with Crippen molar-refractivity contribution in [3.05, 3.63) is 30.3 Å². The van der Waals surface area contributed by atoms with E-state index >= 15 is 0 Å². The van der Waals surface area contributed by atoms with Gasteiger partial charge in [-0.15, -0.1) is 0 Å². The predicted molar refractivity (Wildman–Crippen MR) is 89.5 cm³/mol. The van der Waals surface area contributed by atoms with Crippen LogP contribution < -0.4 is 15.4 Å². The summed E-state index contributed by atoms with van der Waals surface area (Å²) in [7, 11) is 0. The molecule has 4 saturated carbocycles. The van der Waals surface area contributed by atoms with Gasteiger partial charge in [-0.2, -0.15) is 0 Å². The van der Waals surface area contributed by atoms with Crippen LogP contribution in [0.4, 0.5) is 4.79 Å². The second-order valence-electron chi connectivity index (χ2n) is 7.80. The Morgan fingerprint density at radius 3 is 2.17 bits per heavy atom. The third-order valence-electron chi connectivity index (χ3n) is 5.78. The van der Waals surface area contributed by atoms with E-state index in [0.717, 1.165) is 37.0 Å². The van der Waals surface area contributed by atoms with Gasteiger partial charge in [-0.3, -0.25) is 10.1 Å². The van der Waals surface area contributed by atoms with Gasteiger partial charge in [0.15, 0.2) is 6.61 Å². The minimum atomic E-state index is -0.416. The van der Waals surface area contributed by atoms with Crippen molar-refractivity contribution in [2.45, 2.75) is 44.1 Å². The van der Waals surface area contributed by atoms with Gasteiger partial charge >= 0.3 is 6.03 Å². The molecule has 1 aromatic carbocycles. The zero-order valence-electron chi connectivity index (χ0n) is 13.8. The summed E-state index contributed by atoms with van der Waals surface area (Å²) in [5.74, 6) is 2.48. The van der Waals surface area contributed by atoms with E-state index in [1.165, 1.54) is 19.3 Å². The molecule has 0 aliphatic heterocycles. The third-order valence-corrected chi connectivity index (χ3v) is 5.78. The predicted octanol–water partition coefficient (Wildman–Crippen LogP) is 2.86. The van der Waals surface area contributed by atoms with E-state index in [1.807, 2.05) is 18.2 Å². The van der Waals surface area contributed by atoms with Crippen LogP contribution in [0.3, 0.4) is 0 Å². The SMILES string of the molecule is O=C(COc1ccccc1)NC(=O)NC12CC3CC(CC(C3)C1)C2. The van der Waals surface area contributed by atoms with Gasteiger partial charge in [0, 0.05) is 5.54 Å². The molecule has 128 valence electrons. The monoisotopic (exact) mass is 328 g/mol. The molecule has 0 radical (unpaired) electrons. The van der Waals surface area contributed by atoms with Gasteiger partial charge in [-0.25, -0.2) is 4.79 Å². The van der Waals surface area contributed by atoms with Crippen LogP contribution in [-0.4, -0.2) is 24.1 Å². The molecule has 4 aliphatic rings. The van der Waals surface area contributed by atoms with Crippen molar-refractivity contribution in [2.75, 3.05) is 6.61 Å². The fourth-order valence-corrected chi connectivity index (χ4v) is 5.36. The Bertz CT molecular complexity index is 593. The second-order valence-corrected chi connectivity index (χ2v) is 7.80. The molecule has 5 heteroatoms. The summed E-state index contributed by atoms with van der Waals surface area (Å²) in [6, 6.07) is 8.75. The lowest BCUT2D eigenvalue weighted by molar-refractivity contribution is -0.122. The van der Waals surface area contributed by atoms with Gasteiger partial charge in [0.25, 0.3) is 5.91 Å². The van der Waals surface area contributed by atoms with Gasteiger partial charge in [0.05, 0.1) is 0 Å². The molecule has 0 atom stereocenters. The number of hydrogen-bond acceptors (Lipinski definition) is 3. The fraction of sp³-hybridized carbons (Fsp3) is 0.579. The molecule has 4 bridgehead atoms. The number of carbonyl (C=O) groups is 2. The van der Waals surface area contributed by atoms with E-state index in [2.05, 4.69) is 10.6 Å². The fourth-order valence-electron chi connectivity index (χ4n) is 5.36. The van der Waals surface area contributed by atoms with Gasteiger partial charge < -0.3 is 10.1 Å². The molecule has 5 nitrogen and oxygen atoms in total. The molecule has 2 N–H and O–H groups in total. The number of benzene rings is 1. The van der Waals surface area contributed by atoms with Gasteiger partial charge in [-0.05, 0) is 68.4 Å². The molecule has 0 aromatic heterocycles. The van der Waals surface area contributed by atoms with E-state index in [9.17, 15) is 9.59 Å². The molecule has 1 aromatic rings. The standard InChI is InChI=1S/C19H24N2O3/c22-17(12-24-16-4-2-1-3-5-16)20-18(23)21-19-9-13-6-14(10-19)8-15(7-13)11-19/h1-5,13-15H,6-12H2,(H2,20,21,22,23). The highest BCUT2D eigenvalue weighted by Crippen LogP contribution is 2.55. The van der Waals surface area contributed by atoms with Crippen molar-refractivity contribution in [2.24, 2.45) is 17.8 Å². The molecular weight excluding hydrogens is 304 g/mol. The number of ether oxygens (including phenoxy) is 1. The maximum absolute atomic E-state index is 12.3. The first kappa shape index (κ1) is 15.5. The number of para-hydroxylation sites is 1. The zero-order valence-corrected chi connectivity index (χ0v) is 13.8. The summed E-state index contributed by atoms with van der Waals surface area (Å²) in [5, 5.41) is 5.54. The Balaban J connectivity index is 1.28. The topological polar surface area (TPSA) is 67.4 Å². The summed E-state index contributed by atoms with van der Waals surface area (Å²) in [6.45, 7) is -0.154. The molecular formula is C19H24N2O3. The van der Waals surface area contributed by atoms with Crippen LogP contribution in [0.25, 0.3) is 0 Å². The summed E-state index contributed by atoms with van der Waals surface area (Å²) >= 11 is 0. The lowest BCUT2D eigenvalue weighted by Gasteiger charge is -2.56. The normalized spacial score (nSPS) is 33.1. The highest BCUT2D eigenvalue weighted by molar-refractivity contribution is 5.95. The van der Waals surface area contributed by atoms with Crippen molar-refractivity contribution in [3.63, 3.8) is 0 Å². The molecule has 0 heterocycles. The highest BCUT2D eigenvalue weighted by atomic mass is 16.5. The summed E-state index contributed by atoms with van der Waals surface area (Å²) in [6.07, 6.45) is 7.19. The van der Waals surface area contributed by atoms with Crippen LogP contribution in [0.1, 0.15) is 38.5 Å². The van der Waals surface area contributed by atoms with Gasteiger partial charge in [-0.1, -0.05) is 18.2 Å². The first-order chi connectivity index (χ1) is 11.6. The van der Waals surface area contributed by atoms with Gasteiger partial charge in [0.2, 0.25) is 0 Å². The molecule has 5 rings (SSSR count). The number of urea groups is 1. The van der Waals surface area contributed by atoms with Gasteiger partial charge in [0.1, 0.15) is 5.75 Å². The summed E-state index contributed by atoms with van der Waals surface area (Å²) in [4.78, 5) is 24.2. The Hall–Kier alpha value is -2.04. The Kier molecular flexibility index (Phi) is 3.94. The average molecular weight is 328 g/mol. The molecule has 4 fully saturated rings. The summed E-state index contributed by atoms with van der Waals surface area (Å²) in [5.41, 5.74) is -0.0839. The molecule has 0 saturated heterocycles. The van der Waals surface area contributed by atoms with Crippen LogP contribution in [0, 0.1) is 17.8 Å². The zero-order chi connectivity index (χ0) is 16.6. The van der Waals surface area contributed by atoms with E-state index < -0.39 is 5.91 Å². The smallest absolute Gasteiger partial charge is 0.321 e. The number of hydrogen-bond donors (Lipinski definition) is 2. The Morgan fingerprint density at radius 2 is 1.58 bits per heavy atom. The van der Waals surface area contributed by atoms with Crippen LogP contribution in [0.15, 0.2) is 30.3 Å². The number of imide groups is 1. The van der Waals surface area contributed by atoms with Crippen molar-refractivity contribution in [1.29, 1.82) is 0 Å². The minimum Gasteiger partial charge on any atom is -0.484 e. The van der Waals surface area contributed by atoms with Crippen LogP contribution in [0.2, 0.25) is 0 Å². The molecule has 24 heavy (non-hydrogen) atoms. The maximum atomic E-state index is 12.3. The molecule has 0 unspecified atom stereocenters. The number of nitrogens with one attached hydrogen (secondary N) is 2. The largest absolute Gasteiger partial charge is 0.484 e. The summed E-state index contributed by atoms with van der Waals surface area (Å²) < 4.78 is 5.37. The first-order valence-electron chi connectivity index (χ1n) is 8.90. The lowest BCUT2D eigenvalue weighted by atomic mass is 9.53. The third kappa shape index (κ3) is 3.25. The molecule has 0 spiro atoms. The van der Waals surface area contributed by atoms with E-state index in [-0.39, 0.29) is 18.2 Å². The quantitative estimate of drug-likeness (QED) is 0.893. The molecule has 4 aliphatic carbocycles. The maximum Gasteiger partial charge on any atom is 0.321 e. The van der Waals surface area contributed by atoms with Crippen molar-refractivity contribution in [3.8, 4) is 5.75 Å². The number of carbonyl (C=O) groups excluding carboxylic acids is 2.